The largest absolute Gasteiger partial charge is 0.353 e. The molecule has 12 heavy (non-hydrogen) atoms. The molecular weight excluding hydrogens is 154 g/mol. The quantitative estimate of drug-likeness (QED) is 0.521. The second-order valence-corrected chi connectivity index (χ2v) is 3.37. The second kappa shape index (κ2) is 4.42. The Morgan fingerprint density at radius 3 is 3.08 bits per heavy atom. The van der Waals surface area contributed by atoms with Crippen molar-refractivity contribution in [3.63, 3.8) is 0 Å². The highest BCUT2D eigenvalue weighted by Crippen LogP contribution is 2.03. The Hall–Kier alpha value is -0.610. The maximum atomic E-state index is 11.3. The van der Waals surface area contributed by atoms with Crippen molar-refractivity contribution in [2.45, 2.75) is 31.8 Å². The Balaban J connectivity index is 2.18. The van der Waals surface area contributed by atoms with Gasteiger partial charge in [0.15, 0.2) is 0 Å². The van der Waals surface area contributed by atoms with Crippen LogP contribution in [0.3, 0.4) is 0 Å². The summed E-state index contributed by atoms with van der Waals surface area (Å²) in [4.78, 5) is 11.3. The lowest BCUT2D eigenvalue weighted by Crippen LogP contribution is -2.44. The second-order valence-electron chi connectivity index (χ2n) is 3.37. The van der Waals surface area contributed by atoms with Gasteiger partial charge in [0.05, 0.1) is 6.04 Å². The number of nitrogens with one attached hydrogen (secondary N) is 2. The first-order valence-corrected chi connectivity index (χ1v) is 4.47. The van der Waals surface area contributed by atoms with E-state index in [2.05, 4.69) is 10.6 Å². The lowest BCUT2D eigenvalue weighted by Gasteiger charge is -2.12. The number of hydrogen-bond acceptors (Lipinski definition) is 3. The van der Waals surface area contributed by atoms with Crippen molar-refractivity contribution in [2.75, 3.05) is 13.1 Å². The predicted molar refractivity (Wildman–Crippen MR) is 47.7 cm³/mol. The molecule has 70 valence electrons. The highest BCUT2D eigenvalue weighted by molar-refractivity contribution is 5.81. The summed E-state index contributed by atoms with van der Waals surface area (Å²) in [6.45, 7) is 3.40. The molecule has 1 aliphatic heterocycles. The summed E-state index contributed by atoms with van der Waals surface area (Å²) in [7, 11) is 0. The maximum absolute atomic E-state index is 11.3. The third-order valence-electron chi connectivity index (χ3n) is 1.98. The third-order valence-corrected chi connectivity index (χ3v) is 1.98. The average molecular weight is 171 g/mol. The molecule has 0 aromatic rings. The molecule has 4 heteroatoms. The van der Waals surface area contributed by atoms with Crippen molar-refractivity contribution in [3.05, 3.63) is 0 Å². The van der Waals surface area contributed by atoms with Gasteiger partial charge in [-0.2, -0.15) is 0 Å². The van der Waals surface area contributed by atoms with Gasteiger partial charge < -0.3 is 16.4 Å². The van der Waals surface area contributed by atoms with Gasteiger partial charge in [-0.1, -0.05) is 0 Å². The van der Waals surface area contributed by atoms with Crippen LogP contribution in [0.4, 0.5) is 0 Å². The van der Waals surface area contributed by atoms with Gasteiger partial charge in [0.25, 0.3) is 0 Å². The van der Waals surface area contributed by atoms with Crippen LogP contribution in [0, 0.1) is 0 Å². The van der Waals surface area contributed by atoms with Gasteiger partial charge in [-0.05, 0) is 26.3 Å². The number of carbonyl (C=O) groups excluding carboxylic acids is 1. The van der Waals surface area contributed by atoms with E-state index in [0.29, 0.717) is 6.54 Å². The fourth-order valence-electron chi connectivity index (χ4n) is 1.29. The van der Waals surface area contributed by atoms with E-state index in [9.17, 15) is 4.79 Å². The molecule has 1 fully saturated rings. The summed E-state index contributed by atoms with van der Waals surface area (Å²) >= 11 is 0. The summed E-state index contributed by atoms with van der Waals surface area (Å²) in [6.07, 6.45) is 2.04. The van der Waals surface area contributed by atoms with E-state index in [-0.39, 0.29) is 18.0 Å². The molecule has 0 bridgehead atoms. The van der Waals surface area contributed by atoms with Gasteiger partial charge >= 0.3 is 0 Å². The fourth-order valence-corrected chi connectivity index (χ4v) is 1.29. The summed E-state index contributed by atoms with van der Waals surface area (Å²) in [5, 5.41) is 5.92. The molecule has 4 N–H and O–H groups in total. The van der Waals surface area contributed by atoms with Crippen LogP contribution in [-0.4, -0.2) is 31.1 Å². The van der Waals surface area contributed by atoms with Crippen LogP contribution in [-0.2, 0) is 4.79 Å². The number of carbonyl (C=O) groups is 1. The molecule has 1 unspecified atom stereocenters. The lowest BCUT2D eigenvalue weighted by molar-refractivity contribution is -0.122. The molecule has 0 spiro atoms. The first-order valence-electron chi connectivity index (χ1n) is 4.47. The maximum Gasteiger partial charge on any atom is 0.237 e. The molecular formula is C8H17N3O. The van der Waals surface area contributed by atoms with Crippen molar-refractivity contribution in [3.8, 4) is 0 Å². The summed E-state index contributed by atoms with van der Waals surface area (Å²) in [6, 6.07) is 0.0547. The first kappa shape index (κ1) is 9.48. The molecule has 2 atom stereocenters. The molecule has 0 aliphatic carbocycles. The smallest absolute Gasteiger partial charge is 0.237 e. The van der Waals surface area contributed by atoms with Crippen LogP contribution in [0.2, 0.25) is 0 Å². The van der Waals surface area contributed by atoms with Crippen molar-refractivity contribution >= 4 is 5.91 Å². The Kier molecular flexibility index (Phi) is 3.49. The summed E-state index contributed by atoms with van der Waals surface area (Å²) in [5.41, 5.74) is 5.50. The van der Waals surface area contributed by atoms with Crippen molar-refractivity contribution < 1.29 is 4.79 Å². The minimum absolute atomic E-state index is 0.0174. The molecule has 0 aromatic carbocycles. The minimum atomic E-state index is 0.0174. The zero-order valence-electron chi connectivity index (χ0n) is 7.47. The van der Waals surface area contributed by atoms with Gasteiger partial charge in [-0.3, -0.25) is 4.79 Å². The van der Waals surface area contributed by atoms with E-state index in [0.717, 1.165) is 19.4 Å². The van der Waals surface area contributed by atoms with Crippen molar-refractivity contribution in [2.24, 2.45) is 5.73 Å². The van der Waals surface area contributed by atoms with Crippen LogP contribution in [0.15, 0.2) is 0 Å². The number of rotatable bonds is 3. The Bertz CT molecular complexity index is 152. The van der Waals surface area contributed by atoms with E-state index in [1.807, 2.05) is 6.92 Å². The summed E-state index contributed by atoms with van der Waals surface area (Å²) < 4.78 is 0. The predicted octanol–water partition coefficient (Wildman–Crippen LogP) is -0.798. The highest BCUT2D eigenvalue weighted by atomic mass is 16.2. The Morgan fingerprint density at radius 1 is 1.83 bits per heavy atom. The van der Waals surface area contributed by atoms with E-state index in [1.54, 1.807) is 0 Å². The van der Waals surface area contributed by atoms with Gasteiger partial charge in [0.2, 0.25) is 5.91 Å². The minimum Gasteiger partial charge on any atom is -0.353 e. The highest BCUT2D eigenvalue weighted by Gasteiger charge is 2.21. The SMILES string of the molecule is CC(N)CNC(=O)[C@H]1CCCN1. The zero-order valence-corrected chi connectivity index (χ0v) is 7.47. The van der Waals surface area contributed by atoms with Crippen LogP contribution >= 0.6 is 0 Å². The number of hydrogen-bond donors (Lipinski definition) is 3. The molecule has 1 heterocycles. The van der Waals surface area contributed by atoms with Gasteiger partial charge in [0.1, 0.15) is 0 Å². The van der Waals surface area contributed by atoms with Crippen LogP contribution in [0.5, 0.6) is 0 Å². The van der Waals surface area contributed by atoms with Gasteiger partial charge in [0, 0.05) is 12.6 Å². The number of nitrogens with two attached hydrogens (primary N) is 1. The molecule has 0 aromatic heterocycles. The molecule has 0 radical (unpaired) electrons. The van der Waals surface area contributed by atoms with Crippen molar-refractivity contribution in [1.29, 1.82) is 0 Å². The van der Waals surface area contributed by atoms with Gasteiger partial charge in [-0.15, -0.1) is 0 Å². The topological polar surface area (TPSA) is 67.1 Å². The molecule has 1 aliphatic rings. The number of amides is 1. The Labute approximate surface area is 72.9 Å². The van der Waals surface area contributed by atoms with Crippen LogP contribution in [0.25, 0.3) is 0 Å². The standard InChI is InChI=1S/C8H17N3O/c1-6(9)5-11-8(12)7-3-2-4-10-7/h6-7,10H,2-5,9H2,1H3,(H,11,12)/t6?,7-/m1/s1. The monoisotopic (exact) mass is 171 g/mol. The molecule has 0 saturated carbocycles. The zero-order chi connectivity index (χ0) is 8.97. The molecule has 4 nitrogen and oxygen atoms in total. The molecule has 1 amide bonds. The average Bonchev–Trinajstić information content (AvgIpc) is 2.51. The van der Waals surface area contributed by atoms with Crippen molar-refractivity contribution in [1.82, 2.24) is 10.6 Å². The van der Waals surface area contributed by atoms with E-state index in [1.165, 1.54) is 0 Å². The van der Waals surface area contributed by atoms with Crippen LogP contribution in [0.1, 0.15) is 19.8 Å². The normalized spacial score (nSPS) is 25.3. The van der Waals surface area contributed by atoms with E-state index in [4.69, 9.17) is 5.73 Å². The van der Waals surface area contributed by atoms with E-state index >= 15 is 0 Å². The van der Waals surface area contributed by atoms with E-state index < -0.39 is 0 Å². The Morgan fingerprint density at radius 2 is 2.58 bits per heavy atom. The third kappa shape index (κ3) is 2.79. The molecule has 1 saturated heterocycles. The molecule has 1 rings (SSSR count). The fraction of sp³-hybridized carbons (Fsp3) is 0.875. The summed E-state index contributed by atoms with van der Waals surface area (Å²) in [5.74, 6) is 0.0878. The van der Waals surface area contributed by atoms with Crippen LogP contribution < -0.4 is 16.4 Å². The first-order chi connectivity index (χ1) is 5.70. The van der Waals surface area contributed by atoms with Gasteiger partial charge in [-0.25, -0.2) is 0 Å². The lowest BCUT2D eigenvalue weighted by atomic mass is 10.2.